The molecule has 0 amide bonds. The molecule has 0 fully saturated rings. The molecule has 4 aromatic carbocycles. The molecule has 0 radical (unpaired) electrons. The predicted molar refractivity (Wildman–Crippen MR) is 143 cm³/mol. The summed E-state index contributed by atoms with van der Waals surface area (Å²) in [5, 5.41) is 3.47. The minimum Gasteiger partial charge on any atom is -0.497 e. The maximum atomic E-state index is 5.35. The van der Waals surface area contributed by atoms with Gasteiger partial charge < -0.3 is 10.1 Å². The van der Waals surface area contributed by atoms with E-state index in [1.54, 1.807) is 7.11 Å². The highest BCUT2D eigenvalue weighted by Gasteiger charge is 2.14. The summed E-state index contributed by atoms with van der Waals surface area (Å²) in [5.41, 5.74) is 5.97. The molecule has 5 aromatic rings. The molecule has 0 bridgehead atoms. The van der Waals surface area contributed by atoms with Crippen LogP contribution in [0.3, 0.4) is 0 Å². The van der Waals surface area contributed by atoms with Crippen LogP contribution in [0.1, 0.15) is 11.1 Å². The predicted octanol–water partition coefficient (Wildman–Crippen LogP) is 7.05. The Labute approximate surface area is 205 Å². The average Bonchev–Trinajstić information content (AvgIpc) is 3.33. The highest BCUT2D eigenvalue weighted by atomic mass is 16.5. The fraction of sp³-hybridized carbons (Fsp3) is 0.0667. The van der Waals surface area contributed by atoms with Crippen LogP contribution in [-0.2, 0) is 0 Å². The van der Waals surface area contributed by atoms with Crippen LogP contribution in [0.15, 0.2) is 120 Å². The van der Waals surface area contributed by atoms with Crippen molar-refractivity contribution in [1.29, 1.82) is 0 Å². The van der Waals surface area contributed by atoms with Gasteiger partial charge in [-0.3, -0.25) is 4.57 Å². The van der Waals surface area contributed by atoms with E-state index in [0.29, 0.717) is 11.8 Å². The van der Waals surface area contributed by atoms with E-state index < -0.39 is 0 Å². The Bertz CT molecular complexity index is 1420. The number of anilines is 1. The van der Waals surface area contributed by atoms with Crippen LogP contribution < -0.4 is 10.1 Å². The number of aromatic nitrogens is 2. The molecule has 0 atom stereocenters. The van der Waals surface area contributed by atoms with Crippen molar-refractivity contribution in [2.75, 3.05) is 12.4 Å². The molecule has 1 heterocycles. The van der Waals surface area contributed by atoms with Crippen molar-refractivity contribution in [3.8, 4) is 22.7 Å². The summed E-state index contributed by atoms with van der Waals surface area (Å²) in [4.78, 5) is 9.97. The van der Waals surface area contributed by atoms with Gasteiger partial charge in [-0.15, -0.1) is 0 Å². The number of rotatable bonds is 6. The van der Waals surface area contributed by atoms with Crippen LogP contribution in [0, 0.1) is 6.92 Å². The molecule has 35 heavy (non-hydrogen) atoms. The summed E-state index contributed by atoms with van der Waals surface area (Å²) in [6.07, 6.45) is 2.02. The van der Waals surface area contributed by atoms with Gasteiger partial charge >= 0.3 is 0 Å². The number of aliphatic imine (C=N–C) groups is 1. The molecule has 0 spiro atoms. The van der Waals surface area contributed by atoms with Crippen molar-refractivity contribution in [3.63, 3.8) is 0 Å². The molecule has 0 saturated carbocycles. The first-order chi connectivity index (χ1) is 17.2. The van der Waals surface area contributed by atoms with Crippen LogP contribution in [-0.4, -0.2) is 22.5 Å². The smallest absolute Gasteiger partial charge is 0.236 e. The van der Waals surface area contributed by atoms with Crippen LogP contribution in [0.2, 0.25) is 0 Å². The number of benzene rings is 4. The number of ether oxygens (including phenoxy) is 1. The van der Waals surface area contributed by atoms with Crippen molar-refractivity contribution >= 4 is 17.5 Å². The highest BCUT2D eigenvalue weighted by Crippen LogP contribution is 2.28. The Morgan fingerprint density at radius 3 is 2.11 bits per heavy atom. The molecule has 1 N–H and O–H groups in total. The summed E-state index contributed by atoms with van der Waals surface area (Å²) < 4.78 is 7.35. The Hall–Kier alpha value is -4.64. The van der Waals surface area contributed by atoms with Gasteiger partial charge in [-0.1, -0.05) is 78.4 Å². The molecule has 5 rings (SSSR count). The third-order valence-corrected chi connectivity index (χ3v) is 5.68. The maximum Gasteiger partial charge on any atom is 0.236 e. The minimum atomic E-state index is 0.577. The summed E-state index contributed by atoms with van der Waals surface area (Å²) in [6.45, 7) is 2.08. The van der Waals surface area contributed by atoms with Crippen LogP contribution >= 0.6 is 0 Å². The molecule has 5 heteroatoms. The van der Waals surface area contributed by atoms with Gasteiger partial charge in [0.15, 0.2) is 0 Å². The van der Waals surface area contributed by atoms with Crippen molar-refractivity contribution in [1.82, 2.24) is 9.55 Å². The van der Waals surface area contributed by atoms with E-state index in [0.717, 1.165) is 33.9 Å². The minimum absolute atomic E-state index is 0.577. The largest absolute Gasteiger partial charge is 0.497 e. The summed E-state index contributed by atoms with van der Waals surface area (Å²) in [6, 6.07) is 36.4. The van der Waals surface area contributed by atoms with E-state index >= 15 is 0 Å². The van der Waals surface area contributed by atoms with Gasteiger partial charge in [-0.05, 0) is 43.3 Å². The zero-order valence-corrected chi connectivity index (χ0v) is 19.7. The molecule has 0 aliphatic rings. The van der Waals surface area contributed by atoms with E-state index in [1.807, 2.05) is 95.7 Å². The van der Waals surface area contributed by atoms with Crippen LogP contribution in [0.5, 0.6) is 5.75 Å². The van der Waals surface area contributed by atoms with Crippen molar-refractivity contribution in [2.45, 2.75) is 6.92 Å². The molecule has 172 valence electrons. The molecule has 1 aromatic heterocycles. The number of imidazole rings is 1. The van der Waals surface area contributed by atoms with E-state index in [1.165, 1.54) is 5.56 Å². The van der Waals surface area contributed by atoms with Gasteiger partial charge in [-0.25, -0.2) is 4.98 Å². The van der Waals surface area contributed by atoms with E-state index in [9.17, 15) is 0 Å². The second kappa shape index (κ2) is 10.1. The fourth-order valence-electron chi connectivity index (χ4n) is 3.76. The second-order valence-corrected chi connectivity index (χ2v) is 8.18. The summed E-state index contributed by atoms with van der Waals surface area (Å²) in [5.74, 6) is 2.09. The Kier molecular flexibility index (Phi) is 6.39. The fourth-order valence-corrected chi connectivity index (χ4v) is 3.76. The highest BCUT2D eigenvalue weighted by molar-refractivity contribution is 6.09. The van der Waals surface area contributed by atoms with Crippen molar-refractivity contribution in [2.24, 2.45) is 4.99 Å². The molecule has 0 saturated heterocycles. The van der Waals surface area contributed by atoms with Gasteiger partial charge in [0, 0.05) is 28.7 Å². The number of amidine groups is 1. The lowest BCUT2D eigenvalue weighted by Crippen LogP contribution is -2.13. The van der Waals surface area contributed by atoms with E-state index in [4.69, 9.17) is 14.7 Å². The zero-order valence-electron chi connectivity index (χ0n) is 19.7. The second-order valence-electron chi connectivity index (χ2n) is 8.18. The molecule has 5 nitrogen and oxygen atoms in total. The van der Waals surface area contributed by atoms with Crippen molar-refractivity contribution < 1.29 is 4.74 Å². The quantitative estimate of drug-likeness (QED) is 0.219. The number of methoxy groups -OCH3 is 1. The lowest BCUT2D eigenvalue weighted by Gasteiger charge is -2.11. The normalized spacial score (nSPS) is 11.3. The van der Waals surface area contributed by atoms with E-state index in [-0.39, 0.29) is 0 Å². The lowest BCUT2D eigenvalue weighted by molar-refractivity contribution is 0.415. The first kappa shape index (κ1) is 22.2. The molecular weight excluding hydrogens is 432 g/mol. The van der Waals surface area contributed by atoms with Crippen LogP contribution in [0.4, 0.5) is 11.6 Å². The van der Waals surface area contributed by atoms with Gasteiger partial charge in [-0.2, -0.15) is 4.99 Å². The number of nitrogens with one attached hydrogen (secondary N) is 1. The summed E-state index contributed by atoms with van der Waals surface area (Å²) in [7, 11) is 1.67. The number of nitrogens with zero attached hydrogens (tertiary/aromatic N) is 3. The topological polar surface area (TPSA) is 51.4 Å². The first-order valence-electron chi connectivity index (χ1n) is 11.5. The number of hydrogen-bond acceptors (Lipinski definition) is 3. The first-order valence-corrected chi connectivity index (χ1v) is 11.5. The average molecular weight is 459 g/mol. The lowest BCUT2D eigenvalue weighted by atomic mass is 10.1. The third-order valence-electron chi connectivity index (χ3n) is 5.68. The maximum absolute atomic E-state index is 5.35. The Balaban J connectivity index is 1.65. The van der Waals surface area contributed by atoms with E-state index in [2.05, 4.69) is 36.5 Å². The molecule has 0 aliphatic carbocycles. The van der Waals surface area contributed by atoms with Gasteiger partial charge in [0.05, 0.1) is 12.8 Å². The Morgan fingerprint density at radius 2 is 1.46 bits per heavy atom. The third kappa shape index (κ3) is 5.14. The summed E-state index contributed by atoms with van der Waals surface area (Å²) >= 11 is 0. The Morgan fingerprint density at radius 1 is 0.800 bits per heavy atom. The standard InChI is InChI=1S/C30H26N4O/c1-22-13-15-23(16-14-22)28-21-34(26-17-19-27(35-2)20-18-26)30(32-28)33-29(24-9-5-3-6-10-24)31-25-11-7-4-8-12-25/h3-21H,1-2H3,(H,31,32,33). The zero-order chi connectivity index (χ0) is 24.0. The molecule has 0 aliphatic heterocycles. The van der Waals surface area contributed by atoms with Crippen molar-refractivity contribution in [3.05, 3.63) is 127 Å². The monoisotopic (exact) mass is 458 g/mol. The SMILES string of the molecule is COc1ccc(-n2cc(-c3ccc(C)cc3)nc2/N=C(\Nc2ccccc2)c2ccccc2)cc1. The van der Waals surface area contributed by atoms with Crippen LogP contribution in [0.25, 0.3) is 16.9 Å². The van der Waals surface area contributed by atoms with Gasteiger partial charge in [0.25, 0.3) is 0 Å². The van der Waals surface area contributed by atoms with Gasteiger partial charge in [0.2, 0.25) is 5.95 Å². The van der Waals surface area contributed by atoms with Gasteiger partial charge in [0.1, 0.15) is 11.6 Å². The molecular formula is C30H26N4O. The number of aryl methyl sites for hydroxylation is 1. The molecule has 0 unspecified atom stereocenters. The number of hydrogen-bond donors (Lipinski definition) is 1. The number of para-hydroxylation sites is 1.